The molecular formula is C13H22N2O4. The van der Waals surface area contributed by atoms with Gasteiger partial charge in [-0.2, -0.15) is 0 Å². The standard InChI is InChI=1S/C13H22N2O4/c16-12(17)9-3-5-10(6-4-9)15-13(18)14-8-11-2-1-7-19-11/h9-11H,1-8H2,(H,16,17)(H2,14,15,18). The Hall–Kier alpha value is -1.30. The van der Waals surface area contributed by atoms with Crippen LogP contribution in [0, 0.1) is 5.92 Å². The smallest absolute Gasteiger partial charge is 0.315 e. The van der Waals surface area contributed by atoms with E-state index < -0.39 is 5.97 Å². The largest absolute Gasteiger partial charge is 0.481 e. The maximum atomic E-state index is 11.7. The molecule has 1 atom stereocenters. The Morgan fingerprint density at radius 2 is 1.89 bits per heavy atom. The molecule has 0 radical (unpaired) electrons. The highest BCUT2D eigenvalue weighted by Gasteiger charge is 2.26. The van der Waals surface area contributed by atoms with E-state index in [1.165, 1.54) is 0 Å². The van der Waals surface area contributed by atoms with Crippen LogP contribution in [0.5, 0.6) is 0 Å². The van der Waals surface area contributed by atoms with Gasteiger partial charge in [-0.1, -0.05) is 0 Å². The van der Waals surface area contributed by atoms with E-state index in [0.717, 1.165) is 32.3 Å². The maximum absolute atomic E-state index is 11.7. The molecule has 0 aromatic carbocycles. The summed E-state index contributed by atoms with van der Waals surface area (Å²) in [4.78, 5) is 22.5. The Labute approximate surface area is 112 Å². The van der Waals surface area contributed by atoms with Crippen molar-refractivity contribution < 1.29 is 19.4 Å². The molecule has 108 valence electrons. The van der Waals surface area contributed by atoms with Crippen molar-refractivity contribution in [2.24, 2.45) is 5.92 Å². The molecule has 1 saturated carbocycles. The lowest BCUT2D eigenvalue weighted by atomic mass is 9.86. The van der Waals surface area contributed by atoms with Crippen molar-refractivity contribution in [1.82, 2.24) is 10.6 Å². The van der Waals surface area contributed by atoms with Gasteiger partial charge in [-0.25, -0.2) is 4.79 Å². The van der Waals surface area contributed by atoms with Crippen molar-refractivity contribution in [1.29, 1.82) is 0 Å². The molecule has 0 aromatic heterocycles. The van der Waals surface area contributed by atoms with Crippen LogP contribution in [0.3, 0.4) is 0 Å². The molecule has 2 amide bonds. The minimum atomic E-state index is -0.721. The van der Waals surface area contributed by atoms with Gasteiger partial charge in [-0.15, -0.1) is 0 Å². The minimum absolute atomic E-state index is 0.0973. The van der Waals surface area contributed by atoms with Crippen LogP contribution in [0.15, 0.2) is 0 Å². The molecule has 0 bridgehead atoms. The summed E-state index contributed by atoms with van der Waals surface area (Å²) in [6.07, 6.45) is 4.98. The molecule has 1 heterocycles. The number of carbonyl (C=O) groups is 2. The molecule has 1 unspecified atom stereocenters. The highest BCUT2D eigenvalue weighted by atomic mass is 16.5. The topological polar surface area (TPSA) is 87.7 Å². The maximum Gasteiger partial charge on any atom is 0.315 e. The van der Waals surface area contributed by atoms with E-state index >= 15 is 0 Å². The molecular weight excluding hydrogens is 248 g/mol. The lowest BCUT2D eigenvalue weighted by molar-refractivity contribution is -0.142. The van der Waals surface area contributed by atoms with Gasteiger partial charge in [0.2, 0.25) is 0 Å². The fraction of sp³-hybridized carbons (Fsp3) is 0.846. The Bertz CT molecular complexity index is 321. The van der Waals surface area contributed by atoms with Gasteiger partial charge in [0.1, 0.15) is 0 Å². The Balaban J connectivity index is 1.61. The minimum Gasteiger partial charge on any atom is -0.481 e. The van der Waals surface area contributed by atoms with Crippen molar-refractivity contribution in [2.45, 2.75) is 50.7 Å². The fourth-order valence-electron chi connectivity index (χ4n) is 2.73. The van der Waals surface area contributed by atoms with E-state index in [9.17, 15) is 9.59 Å². The number of aliphatic carboxylic acids is 1. The van der Waals surface area contributed by atoms with Gasteiger partial charge >= 0.3 is 12.0 Å². The van der Waals surface area contributed by atoms with Gasteiger partial charge in [0.15, 0.2) is 0 Å². The number of hydrogen-bond donors (Lipinski definition) is 3. The summed E-state index contributed by atoms with van der Waals surface area (Å²) in [5.74, 6) is -0.964. The molecule has 1 saturated heterocycles. The second kappa shape index (κ2) is 6.75. The average molecular weight is 270 g/mol. The number of rotatable bonds is 4. The van der Waals surface area contributed by atoms with Gasteiger partial charge in [0.05, 0.1) is 12.0 Å². The molecule has 1 aliphatic heterocycles. The van der Waals surface area contributed by atoms with Gasteiger partial charge in [0.25, 0.3) is 0 Å². The number of amides is 2. The summed E-state index contributed by atoms with van der Waals surface area (Å²) >= 11 is 0. The van der Waals surface area contributed by atoms with Crippen molar-refractivity contribution in [3.05, 3.63) is 0 Å². The number of hydrogen-bond acceptors (Lipinski definition) is 3. The number of carboxylic acid groups (broad SMARTS) is 1. The number of carboxylic acids is 1. The summed E-state index contributed by atoms with van der Waals surface area (Å²) in [5.41, 5.74) is 0. The van der Waals surface area contributed by atoms with E-state index in [2.05, 4.69) is 10.6 Å². The third-order valence-electron chi connectivity index (χ3n) is 3.93. The van der Waals surface area contributed by atoms with Crippen LogP contribution in [0.1, 0.15) is 38.5 Å². The molecule has 1 aliphatic carbocycles. The zero-order valence-electron chi connectivity index (χ0n) is 11.1. The van der Waals surface area contributed by atoms with Crippen LogP contribution in [0.4, 0.5) is 4.79 Å². The van der Waals surface area contributed by atoms with Gasteiger partial charge < -0.3 is 20.5 Å². The van der Waals surface area contributed by atoms with E-state index in [0.29, 0.717) is 19.4 Å². The molecule has 3 N–H and O–H groups in total. The van der Waals surface area contributed by atoms with Crippen LogP contribution in [-0.2, 0) is 9.53 Å². The van der Waals surface area contributed by atoms with Gasteiger partial charge in [-0.3, -0.25) is 4.79 Å². The number of ether oxygens (including phenoxy) is 1. The second-order valence-electron chi connectivity index (χ2n) is 5.38. The van der Waals surface area contributed by atoms with Crippen LogP contribution in [0.25, 0.3) is 0 Å². The van der Waals surface area contributed by atoms with Gasteiger partial charge in [-0.05, 0) is 38.5 Å². The zero-order chi connectivity index (χ0) is 13.7. The second-order valence-corrected chi connectivity index (χ2v) is 5.38. The molecule has 0 spiro atoms. The number of nitrogens with one attached hydrogen (secondary N) is 2. The third-order valence-corrected chi connectivity index (χ3v) is 3.93. The Morgan fingerprint density at radius 3 is 2.47 bits per heavy atom. The third kappa shape index (κ3) is 4.38. The van der Waals surface area contributed by atoms with Crippen LogP contribution in [0.2, 0.25) is 0 Å². The van der Waals surface area contributed by atoms with Crippen molar-refractivity contribution in [3.8, 4) is 0 Å². The first kappa shape index (κ1) is 14.1. The Morgan fingerprint density at radius 1 is 1.16 bits per heavy atom. The number of urea groups is 1. The summed E-state index contributed by atoms with van der Waals surface area (Å²) in [7, 11) is 0. The number of carbonyl (C=O) groups excluding carboxylic acids is 1. The summed E-state index contributed by atoms with van der Waals surface area (Å²) in [6, 6.07) is -0.0747. The molecule has 2 fully saturated rings. The van der Waals surface area contributed by atoms with Crippen LogP contribution >= 0.6 is 0 Å². The lowest BCUT2D eigenvalue weighted by Gasteiger charge is -2.27. The SMILES string of the molecule is O=C(NCC1CCCO1)NC1CCC(C(=O)O)CC1. The van der Waals surface area contributed by atoms with Crippen molar-refractivity contribution in [2.75, 3.05) is 13.2 Å². The van der Waals surface area contributed by atoms with E-state index in [1.54, 1.807) is 0 Å². The van der Waals surface area contributed by atoms with E-state index in [1.807, 2.05) is 0 Å². The first-order chi connectivity index (χ1) is 9.15. The molecule has 6 nitrogen and oxygen atoms in total. The van der Waals surface area contributed by atoms with Gasteiger partial charge in [0, 0.05) is 19.2 Å². The predicted molar refractivity (Wildman–Crippen MR) is 68.9 cm³/mol. The molecule has 2 aliphatic rings. The zero-order valence-corrected chi connectivity index (χ0v) is 11.1. The monoisotopic (exact) mass is 270 g/mol. The van der Waals surface area contributed by atoms with Crippen LogP contribution < -0.4 is 10.6 Å². The first-order valence-corrected chi connectivity index (χ1v) is 7.04. The highest BCUT2D eigenvalue weighted by molar-refractivity contribution is 5.74. The predicted octanol–water partition coefficient (Wildman–Crippen LogP) is 1.11. The first-order valence-electron chi connectivity index (χ1n) is 7.04. The normalized spacial score (nSPS) is 30.8. The molecule has 19 heavy (non-hydrogen) atoms. The summed E-state index contributed by atoms with van der Waals surface area (Å²) in [6.45, 7) is 1.34. The van der Waals surface area contributed by atoms with Crippen LogP contribution in [-0.4, -0.2) is 42.4 Å². The molecule has 2 rings (SSSR count). The van der Waals surface area contributed by atoms with E-state index in [4.69, 9.17) is 9.84 Å². The summed E-state index contributed by atoms with van der Waals surface area (Å²) < 4.78 is 5.43. The summed E-state index contributed by atoms with van der Waals surface area (Å²) in [5, 5.41) is 14.6. The van der Waals surface area contributed by atoms with Crippen molar-refractivity contribution in [3.63, 3.8) is 0 Å². The average Bonchev–Trinajstić information content (AvgIpc) is 2.90. The van der Waals surface area contributed by atoms with Crippen molar-refractivity contribution >= 4 is 12.0 Å². The quantitative estimate of drug-likeness (QED) is 0.714. The molecule has 0 aromatic rings. The highest BCUT2D eigenvalue weighted by Crippen LogP contribution is 2.24. The fourth-order valence-corrected chi connectivity index (χ4v) is 2.73. The lowest BCUT2D eigenvalue weighted by Crippen LogP contribution is -2.46. The van der Waals surface area contributed by atoms with E-state index in [-0.39, 0.29) is 24.1 Å². The Kier molecular flexibility index (Phi) is 5.01. The molecule has 6 heteroatoms.